The predicted molar refractivity (Wildman–Crippen MR) is 59.8 cm³/mol. The first kappa shape index (κ1) is 9.49. The molecule has 1 aliphatic heterocycles. The van der Waals surface area contributed by atoms with E-state index in [1.165, 1.54) is 4.90 Å². The molecule has 0 spiro atoms. The maximum atomic E-state index is 9.06. The van der Waals surface area contributed by atoms with Crippen molar-refractivity contribution in [2.45, 2.75) is 4.90 Å². The van der Waals surface area contributed by atoms with Gasteiger partial charge in [-0.3, -0.25) is 4.99 Å². The van der Waals surface area contributed by atoms with Gasteiger partial charge >= 0.3 is 0 Å². The van der Waals surface area contributed by atoms with Gasteiger partial charge in [0.1, 0.15) is 0 Å². The van der Waals surface area contributed by atoms with E-state index in [0.29, 0.717) is 6.54 Å². The maximum Gasteiger partial charge on any atom is 0.0674 e. The zero-order valence-corrected chi connectivity index (χ0v) is 8.50. The van der Waals surface area contributed by atoms with Crippen molar-refractivity contribution in [2.24, 2.45) is 4.99 Å². The molecule has 1 heterocycles. The molecule has 0 bridgehead atoms. The van der Waals surface area contributed by atoms with Gasteiger partial charge in [-0.1, -0.05) is 30.0 Å². The van der Waals surface area contributed by atoms with Gasteiger partial charge in [-0.15, -0.1) is 0 Å². The highest BCUT2D eigenvalue weighted by atomic mass is 32.2. The van der Waals surface area contributed by atoms with Crippen LogP contribution in [0.2, 0.25) is 0 Å². The van der Waals surface area contributed by atoms with Crippen LogP contribution in [0.3, 0.4) is 0 Å². The smallest absolute Gasteiger partial charge is 0.0674 e. The average Bonchev–Trinajstić information content (AvgIpc) is 2.67. The standard InChI is InChI=1S/C11H11NOS/c13-8-9-6-12-7-11(9)14-10-4-2-1-3-5-10/h1-5,7,13H,6,8H2. The fourth-order valence-electron chi connectivity index (χ4n) is 1.25. The van der Waals surface area contributed by atoms with Gasteiger partial charge < -0.3 is 5.11 Å². The SMILES string of the molecule is OCC1=C(Sc2ccccc2)C=NC1. The molecule has 2 rings (SSSR count). The van der Waals surface area contributed by atoms with Crippen LogP contribution in [0.5, 0.6) is 0 Å². The minimum absolute atomic E-state index is 0.106. The van der Waals surface area contributed by atoms with Crippen molar-refractivity contribution in [3.63, 3.8) is 0 Å². The first-order valence-corrected chi connectivity index (χ1v) is 5.27. The number of aliphatic hydroxyl groups is 1. The molecule has 0 saturated carbocycles. The third kappa shape index (κ3) is 2.05. The Labute approximate surface area is 87.4 Å². The molecule has 0 saturated heterocycles. The summed E-state index contributed by atoms with van der Waals surface area (Å²) in [6.45, 7) is 0.751. The summed E-state index contributed by atoms with van der Waals surface area (Å²) in [7, 11) is 0. The molecule has 2 nitrogen and oxygen atoms in total. The summed E-state index contributed by atoms with van der Waals surface area (Å²) in [5.41, 5.74) is 1.01. The van der Waals surface area contributed by atoms with E-state index >= 15 is 0 Å². The molecule has 1 N–H and O–H groups in total. The van der Waals surface area contributed by atoms with Crippen molar-refractivity contribution < 1.29 is 5.11 Å². The van der Waals surface area contributed by atoms with Crippen molar-refractivity contribution >= 4 is 18.0 Å². The van der Waals surface area contributed by atoms with Crippen molar-refractivity contribution in [2.75, 3.05) is 13.2 Å². The number of nitrogens with zero attached hydrogens (tertiary/aromatic N) is 1. The number of aliphatic imine (C=N–C) groups is 1. The van der Waals surface area contributed by atoms with Gasteiger partial charge in [0, 0.05) is 16.0 Å². The lowest BCUT2D eigenvalue weighted by molar-refractivity contribution is 0.330. The van der Waals surface area contributed by atoms with Gasteiger partial charge in [0.05, 0.1) is 13.2 Å². The van der Waals surface area contributed by atoms with E-state index in [2.05, 4.69) is 17.1 Å². The Morgan fingerprint density at radius 2 is 2.07 bits per heavy atom. The molecule has 3 heteroatoms. The molecule has 1 aromatic rings. The lowest BCUT2D eigenvalue weighted by Gasteiger charge is -2.02. The summed E-state index contributed by atoms with van der Waals surface area (Å²) in [4.78, 5) is 6.40. The van der Waals surface area contributed by atoms with E-state index in [-0.39, 0.29) is 6.61 Å². The van der Waals surface area contributed by atoms with Crippen LogP contribution in [0.15, 0.2) is 50.7 Å². The lowest BCUT2D eigenvalue weighted by atomic mass is 10.3. The number of benzene rings is 1. The van der Waals surface area contributed by atoms with Crippen LogP contribution in [-0.2, 0) is 0 Å². The summed E-state index contributed by atoms with van der Waals surface area (Å²) in [5.74, 6) is 0. The Hall–Kier alpha value is -1.06. The van der Waals surface area contributed by atoms with Gasteiger partial charge in [-0.25, -0.2) is 0 Å². The van der Waals surface area contributed by atoms with E-state index in [0.717, 1.165) is 10.5 Å². The van der Waals surface area contributed by atoms with Gasteiger partial charge in [0.25, 0.3) is 0 Å². The number of hydrogen-bond acceptors (Lipinski definition) is 3. The van der Waals surface area contributed by atoms with Crippen molar-refractivity contribution in [3.05, 3.63) is 40.8 Å². The highest BCUT2D eigenvalue weighted by Crippen LogP contribution is 2.29. The van der Waals surface area contributed by atoms with Crippen molar-refractivity contribution in [1.82, 2.24) is 0 Å². The van der Waals surface area contributed by atoms with Crippen LogP contribution in [0.4, 0.5) is 0 Å². The Bertz CT molecular complexity index is 370. The zero-order valence-electron chi connectivity index (χ0n) is 7.68. The van der Waals surface area contributed by atoms with Gasteiger partial charge in [0.15, 0.2) is 0 Å². The summed E-state index contributed by atoms with van der Waals surface area (Å²) in [5, 5.41) is 9.06. The van der Waals surface area contributed by atoms with Crippen molar-refractivity contribution in [3.8, 4) is 0 Å². The zero-order chi connectivity index (χ0) is 9.80. The van der Waals surface area contributed by atoms with Crippen molar-refractivity contribution in [1.29, 1.82) is 0 Å². The average molecular weight is 205 g/mol. The topological polar surface area (TPSA) is 32.6 Å². The van der Waals surface area contributed by atoms with Crippen LogP contribution in [0.25, 0.3) is 0 Å². The second-order valence-electron chi connectivity index (χ2n) is 3.01. The normalized spacial score (nSPS) is 15.2. The van der Waals surface area contributed by atoms with E-state index in [4.69, 9.17) is 5.11 Å². The largest absolute Gasteiger partial charge is 0.392 e. The van der Waals surface area contributed by atoms with Crippen LogP contribution in [0.1, 0.15) is 0 Å². The van der Waals surface area contributed by atoms with E-state index in [1.807, 2.05) is 24.4 Å². The highest BCUT2D eigenvalue weighted by Gasteiger charge is 2.10. The number of allylic oxidation sites excluding steroid dienone is 1. The first-order chi connectivity index (χ1) is 6.90. The van der Waals surface area contributed by atoms with Gasteiger partial charge in [0.2, 0.25) is 0 Å². The van der Waals surface area contributed by atoms with E-state index < -0.39 is 0 Å². The molecule has 1 aromatic carbocycles. The second-order valence-corrected chi connectivity index (χ2v) is 4.13. The maximum absolute atomic E-state index is 9.06. The molecule has 0 aliphatic carbocycles. The number of thioether (sulfide) groups is 1. The lowest BCUT2D eigenvalue weighted by Crippen LogP contribution is -1.93. The van der Waals surface area contributed by atoms with Gasteiger partial charge in [-0.2, -0.15) is 0 Å². The van der Waals surface area contributed by atoms with Crippen LogP contribution < -0.4 is 0 Å². The van der Waals surface area contributed by atoms with E-state index in [1.54, 1.807) is 11.8 Å². The summed E-state index contributed by atoms with van der Waals surface area (Å²) in [6, 6.07) is 10.1. The van der Waals surface area contributed by atoms with E-state index in [9.17, 15) is 0 Å². The molecular weight excluding hydrogens is 194 g/mol. The van der Waals surface area contributed by atoms with Gasteiger partial charge in [-0.05, 0) is 17.7 Å². The number of hydrogen-bond donors (Lipinski definition) is 1. The van der Waals surface area contributed by atoms with Crippen LogP contribution in [-0.4, -0.2) is 24.5 Å². The minimum atomic E-state index is 0.106. The summed E-state index contributed by atoms with van der Waals surface area (Å²) >= 11 is 1.65. The monoisotopic (exact) mass is 205 g/mol. The molecule has 0 aromatic heterocycles. The predicted octanol–water partition coefficient (Wildman–Crippen LogP) is 2.11. The Morgan fingerprint density at radius 3 is 2.79 bits per heavy atom. The molecule has 14 heavy (non-hydrogen) atoms. The molecule has 0 amide bonds. The fraction of sp³-hybridized carbons (Fsp3) is 0.182. The molecule has 0 unspecified atom stereocenters. The first-order valence-electron chi connectivity index (χ1n) is 4.46. The Kier molecular flexibility index (Phi) is 3.01. The molecular formula is C11H11NOS. The quantitative estimate of drug-likeness (QED) is 0.819. The molecule has 72 valence electrons. The molecule has 0 radical (unpaired) electrons. The van der Waals surface area contributed by atoms with Crippen LogP contribution >= 0.6 is 11.8 Å². The highest BCUT2D eigenvalue weighted by molar-refractivity contribution is 8.04. The summed E-state index contributed by atoms with van der Waals surface area (Å²) in [6.07, 6.45) is 1.84. The third-order valence-corrected chi connectivity index (χ3v) is 3.12. The Morgan fingerprint density at radius 1 is 1.29 bits per heavy atom. The molecule has 0 fully saturated rings. The molecule has 0 atom stereocenters. The number of rotatable bonds is 3. The van der Waals surface area contributed by atoms with Crippen LogP contribution in [0, 0.1) is 0 Å². The number of aliphatic hydroxyl groups excluding tert-OH is 1. The minimum Gasteiger partial charge on any atom is -0.392 e. The fourth-order valence-corrected chi connectivity index (χ4v) is 2.20. The summed E-state index contributed by atoms with van der Waals surface area (Å²) < 4.78 is 0. The molecule has 1 aliphatic rings. The Balaban J connectivity index is 2.15. The third-order valence-electron chi connectivity index (χ3n) is 2.00. The second kappa shape index (κ2) is 4.44.